The molecule has 3 heterocycles. The van der Waals surface area contributed by atoms with Crippen LogP contribution in [0.3, 0.4) is 0 Å². The maximum Gasteiger partial charge on any atom is 0.234 e. The Balaban J connectivity index is 1.80. The Hall–Kier alpha value is -2.25. The molecule has 152 valence electrons. The summed E-state index contributed by atoms with van der Waals surface area (Å²) in [6.07, 6.45) is 6.77. The van der Waals surface area contributed by atoms with Crippen molar-refractivity contribution >= 4 is 27.3 Å². The minimum absolute atomic E-state index is 0.0319. The largest absolute Gasteiger partial charge is 0.496 e. The van der Waals surface area contributed by atoms with E-state index in [9.17, 15) is 4.39 Å². The van der Waals surface area contributed by atoms with Gasteiger partial charge in [-0.1, -0.05) is 22.0 Å². The van der Waals surface area contributed by atoms with Crippen molar-refractivity contribution in [1.29, 1.82) is 0 Å². The number of nitrogens with zero attached hydrogens (tertiary/aromatic N) is 3. The monoisotopic (exact) mass is 458 g/mol. The Morgan fingerprint density at radius 1 is 1.17 bits per heavy atom. The van der Waals surface area contributed by atoms with Gasteiger partial charge in [-0.3, -0.25) is 4.40 Å². The van der Waals surface area contributed by atoms with Crippen LogP contribution in [0.25, 0.3) is 22.6 Å². The molecule has 0 unspecified atom stereocenters. The zero-order valence-corrected chi connectivity index (χ0v) is 18.8. The van der Waals surface area contributed by atoms with Crippen molar-refractivity contribution in [3.8, 4) is 17.0 Å². The van der Waals surface area contributed by atoms with E-state index in [1.807, 2.05) is 12.3 Å². The average molecular weight is 459 g/mol. The molecule has 0 radical (unpaired) electrons. The molecule has 5 nitrogen and oxygen atoms in total. The molecule has 4 rings (SSSR count). The molecule has 29 heavy (non-hydrogen) atoms. The number of benzene rings is 1. The molecule has 0 saturated carbocycles. The van der Waals surface area contributed by atoms with E-state index in [4.69, 9.17) is 9.72 Å². The van der Waals surface area contributed by atoms with Crippen molar-refractivity contribution in [2.24, 2.45) is 0 Å². The van der Waals surface area contributed by atoms with E-state index in [1.165, 1.54) is 18.7 Å². The van der Waals surface area contributed by atoms with Crippen molar-refractivity contribution in [2.45, 2.75) is 45.2 Å². The zero-order chi connectivity index (χ0) is 21.0. The highest BCUT2D eigenvalue weighted by atomic mass is 79.9. The van der Waals surface area contributed by atoms with Crippen molar-refractivity contribution in [2.75, 3.05) is 7.11 Å². The average Bonchev–Trinajstić information content (AvgIpc) is 3.00. The molecule has 7 heteroatoms. The number of nitrogens with one attached hydrogen (secondary N) is 1. The number of aromatic nitrogens is 3. The van der Waals surface area contributed by atoms with Crippen LogP contribution in [-0.4, -0.2) is 32.6 Å². The minimum Gasteiger partial charge on any atom is -0.496 e. The zero-order valence-electron chi connectivity index (χ0n) is 17.2. The standard InChI is InChI=1S/C22H24BrFN4O/c1-21(2)10-13(11-22(3,4)27-21)16-6-7-28-12-17(26-20(28)25-16)19-15(24)8-14(23)9-18(19)29-5/h6-10,12,27H,11H2,1-5H3. The van der Waals surface area contributed by atoms with E-state index >= 15 is 0 Å². The third kappa shape index (κ3) is 3.94. The molecule has 0 aliphatic carbocycles. The Morgan fingerprint density at radius 3 is 2.59 bits per heavy atom. The van der Waals surface area contributed by atoms with Crippen molar-refractivity contribution < 1.29 is 9.13 Å². The van der Waals surface area contributed by atoms with Gasteiger partial charge in [-0.25, -0.2) is 14.4 Å². The predicted molar refractivity (Wildman–Crippen MR) is 117 cm³/mol. The number of imidazole rings is 1. The highest BCUT2D eigenvalue weighted by Crippen LogP contribution is 2.36. The maximum absolute atomic E-state index is 14.7. The van der Waals surface area contributed by atoms with Crippen LogP contribution >= 0.6 is 15.9 Å². The number of fused-ring (bicyclic) bond motifs is 1. The first kappa shape index (κ1) is 20.0. The first-order valence-corrected chi connectivity index (χ1v) is 10.3. The lowest BCUT2D eigenvalue weighted by molar-refractivity contribution is 0.297. The second-order valence-corrected chi connectivity index (χ2v) is 9.60. The molecule has 0 saturated heterocycles. The molecule has 0 fully saturated rings. The van der Waals surface area contributed by atoms with Gasteiger partial charge in [-0.15, -0.1) is 0 Å². The Morgan fingerprint density at radius 2 is 1.90 bits per heavy atom. The lowest BCUT2D eigenvalue weighted by Crippen LogP contribution is -2.53. The molecular weight excluding hydrogens is 435 g/mol. The Labute approximate surface area is 178 Å². The molecule has 0 bridgehead atoms. The van der Waals surface area contributed by atoms with Gasteiger partial charge in [0.25, 0.3) is 0 Å². The van der Waals surface area contributed by atoms with Gasteiger partial charge in [-0.2, -0.15) is 0 Å². The lowest BCUT2D eigenvalue weighted by Gasteiger charge is -2.41. The first-order chi connectivity index (χ1) is 13.6. The summed E-state index contributed by atoms with van der Waals surface area (Å²) in [6, 6.07) is 5.12. The van der Waals surface area contributed by atoms with Crippen LogP contribution in [0, 0.1) is 5.82 Å². The summed E-state index contributed by atoms with van der Waals surface area (Å²) in [5.74, 6) is 0.548. The Bertz CT molecular complexity index is 1130. The van der Waals surface area contributed by atoms with Crippen LogP contribution in [0.4, 0.5) is 4.39 Å². The molecular formula is C22H24BrFN4O. The fraction of sp³-hybridized carbons (Fsp3) is 0.364. The van der Waals surface area contributed by atoms with Crippen LogP contribution in [0.2, 0.25) is 0 Å². The van der Waals surface area contributed by atoms with Crippen LogP contribution in [0.1, 0.15) is 39.8 Å². The van der Waals surface area contributed by atoms with Crippen LogP contribution < -0.4 is 10.1 Å². The number of halogens is 2. The molecule has 3 aromatic rings. The summed E-state index contributed by atoms with van der Waals surface area (Å²) in [6.45, 7) is 8.69. The maximum atomic E-state index is 14.7. The molecule has 1 aliphatic heterocycles. The van der Waals surface area contributed by atoms with Crippen LogP contribution in [-0.2, 0) is 0 Å². The lowest BCUT2D eigenvalue weighted by atomic mass is 9.82. The van der Waals surface area contributed by atoms with E-state index < -0.39 is 5.82 Å². The number of methoxy groups -OCH3 is 1. The highest BCUT2D eigenvalue weighted by Gasteiger charge is 2.33. The molecule has 1 N–H and O–H groups in total. The third-order valence-electron chi connectivity index (χ3n) is 4.98. The summed E-state index contributed by atoms with van der Waals surface area (Å²) >= 11 is 3.30. The SMILES string of the molecule is COc1cc(Br)cc(F)c1-c1cn2ccc(C3=CC(C)(C)NC(C)(C)C3)nc2n1. The number of ether oxygens (including phenoxy) is 1. The van der Waals surface area contributed by atoms with Crippen LogP contribution in [0.15, 0.2) is 41.1 Å². The van der Waals surface area contributed by atoms with Crippen molar-refractivity contribution in [1.82, 2.24) is 19.7 Å². The van der Waals surface area contributed by atoms with Gasteiger partial charge < -0.3 is 10.1 Å². The van der Waals surface area contributed by atoms with Gasteiger partial charge in [0.15, 0.2) is 0 Å². The summed E-state index contributed by atoms with van der Waals surface area (Å²) in [5.41, 5.74) is 2.72. The van der Waals surface area contributed by atoms with E-state index in [2.05, 4.69) is 60.0 Å². The number of hydrogen-bond donors (Lipinski definition) is 1. The second kappa shape index (κ2) is 6.92. The fourth-order valence-electron chi connectivity index (χ4n) is 4.21. The molecule has 0 amide bonds. The van der Waals surface area contributed by atoms with E-state index in [0.29, 0.717) is 27.3 Å². The summed E-state index contributed by atoms with van der Waals surface area (Å²) in [4.78, 5) is 9.35. The number of rotatable bonds is 3. The molecule has 1 aliphatic rings. The first-order valence-electron chi connectivity index (χ1n) is 9.47. The third-order valence-corrected chi connectivity index (χ3v) is 5.44. The van der Waals surface area contributed by atoms with E-state index in [1.54, 1.807) is 16.7 Å². The normalized spacial score (nSPS) is 18.0. The Kier molecular flexibility index (Phi) is 4.78. The molecule has 1 aromatic carbocycles. The van der Waals surface area contributed by atoms with Gasteiger partial charge >= 0.3 is 0 Å². The predicted octanol–water partition coefficient (Wildman–Crippen LogP) is 5.24. The molecule has 0 atom stereocenters. The van der Waals surface area contributed by atoms with E-state index in [-0.39, 0.29) is 11.1 Å². The fourth-order valence-corrected chi connectivity index (χ4v) is 4.62. The highest BCUT2D eigenvalue weighted by molar-refractivity contribution is 9.10. The van der Waals surface area contributed by atoms with Gasteiger partial charge in [0, 0.05) is 27.9 Å². The van der Waals surface area contributed by atoms with Gasteiger partial charge in [-0.05, 0) is 57.9 Å². The summed E-state index contributed by atoms with van der Waals surface area (Å²) in [5, 5.41) is 3.63. The molecule has 2 aromatic heterocycles. The van der Waals surface area contributed by atoms with E-state index in [0.717, 1.165) is 12.1 Å². The topological polar surface area (TPSA) is 51.5 Å². The van der Waals surface area contributed by atoms with Crippen molar-refractivity contribution in [3.05, 3.63) is 52.7 Å². The van der Waals surface area contributed by atoms with Crippen molar-refractivity contribution in [3.63, 3.8) is 0 Å². The summed E-state index contributed by atoms with van der Waals surface area (Å²) < 4.78 is 22.4. The van der Waals surface area contributed by atoms with Gasteiger partial charge in [0.05, 0.1) is 24.1 Å². The van der Waals surface area contributed by atoms with Gasteiger partial charge in [0.2, 0.25) is 5.78 Å². The van der Waals surface area contributed by atoms with Gasteiger partial charge in [0.1, 0.15) is 11.6 Å². The number of hydrogen-bond acceptors (Lipinski definition) is 4. The van der Waals surface area contributed by atoms with Crippen LogP contribution in [0.5, 0.6) is 5.75 Å². The smallest absolute Gasteiger partial charge is 0.234 e. The quantitative estimate of drug-likeness (QED) is 0.582. The minimum atomic E-state index is -0.399. The molecule has 0 spiro atoms. The summed E-state index contributed by atoms with van der Waals surface area (Å²) in [7, 11) is 1.52. The second-order valence-electron chi connectivity index (χ2n) is 8.69.